The molecule has 70 valence electrons. The van der Waals surface area contributed by atoms with Crippen molar-refractivity contribution in [3.8, 4) is 0 Å². The fourth-order valence-electron chi connectivity index (χ4n) is 1.34. The summed E-state index contributed by atoms with van der Waals surface area (Å²) < 4.78 is 26.0. The topological polar surface area (TPSA) is 12.0 Å². The SMILES string of the molecule is Fc1ccc(F)c([C@@H]2NCCS2)c1. The summed E-state index contributed by atoms with van der Waals surface area (Å²) in [7, 11) is 0. The molecule has 0 aliphatic carbocycles. The number of hydrogen-bond donors (Lipinski definition) is 1. The molecule has 0 amide bonds. The molecule has 1 nitrogen and oxygen atoms in total. The Morgan fingerprint density at radius 1 is 1.38 bits per heavy atom. The largest absolute Gasteiger partial charge is 0.301 e. The summed E-state index contributed by atoms with van der Waals surface area (Å²) in [6.07, 6.45) is 0. The first-order chi connectivity index (χ1) is 6.27. The zero-order valence-electron chi connectivity index (χ0n) is 6.89. The molecule has 1 heterocycles. The van der Waals surface area contributed by atoms with Gasteiger partial charge in [-0.3, -0.25) is 0 Å². The van der Waals surface area contributed by atoms with Crippen LogP contribution in [-0.2, 0) is 0 Å². The molecule has 1 fully saturated rings. The van der Waals surface area contributed by atoms with Crippen LogP contribution in [0.4, 0.5) is 8.78 Å². The minimum Gasteiger partial charge on any atom is -0.301 e. The van der Waals surface area contributed by atoms with Crippen LogP contribution in [0.15, 0.2) is 18.2 Å². The van der Waals surface area contributed by atoms with E-state index in [-0.39, 0.29) is 17.0 Å². The standard InChI is InChI=1S/C9H9F2NS/c10-6-1-2-8(11)7(5-6)9-12-3-4-13-9/h1-2,5,9,12H,3-4H2/t9-/m1/s1. The lowest BCUT2D eigenvalue weighted by Gasteiger charge is -2.10. The maximum atomic E-state index is 13.2. The first kappa shape index (κ1) is 8.97. The van der Waals surface area contributed by atoms with E-state index in [0.717, 1.165) is 18.4 Å². The molecule has 1 aliphatic rings. The minimum atomic E-state index is -0.384. The Balaban J connectivity index is 2.32. The summed E-state index contributed by atoms with van der Waals surface area (Å²) in [5.41, 5.74) is 0.419. The Hall–Kier alpha value is -0.610. The van der Waals surface area contributed by atoms with Gasteiger partial charge in [-0.2, -0.15) is 0 Å². The van der Waals surface area contributed by atoms with Crippen LogP contribution < -0.4 is 5.32 Å². The Labute approximate surface area is 79.5 Å². The van der Waals surface area contributed by atoms with Gasteiger partial charge >= 0.3 is 0 Å². The summed E-state index contributed by atoms with van der Waals surface area (Å²) in [5, 5.41) is 3.01. The molecule has 0 spiro atoms. The molecule has 0 radical (unpaired) electrons. The van der Waals surface area contributed by atoms with E-state index in [1.54, 1.807) is 11.8 Å². The molecule has 0 aromatic heterocycles. The minimum absolute atomic E-state index is 0.0873. The van der Waals surface area contributed by atoms with Crippen molar-refractivity contribution in [3.05, 3.63) is 35.4 Å². The van der Waals surface area contributed by atoms with Crippen molar-refractivity contribution >= 4 is 11.8 Å². The van der Waals surface area contributed by atoms with Gasteiger partial charge in [-0.25, -0.2) is 8.78 Å². The maximum Gasteiger partial charge on any atom is 0.129 e. The number of hydrogen-bond acceptors (Lipinski definition) is 2. The predicted octanol–water partition coefficient (Wildman–Crippen LogP) is 2.30. The Morgan fingerprint density at radius 2 is 2.23 bits per heavy atom. The second-order valence-corrected chi connectivity index (χ2v) is 4.08. The van der Waals surface area contributed by atoms with E-state index in [4.69, 9.17) is 0 Å². The summed E-state index contributed by atoms with van der Waals surface area (Å²) in [4.78, 5) is 0. The first-order valence-electron chi connectivity index (χ1n) is 4.07. The molecule has 1 atom stereocenters. The van der Waals surface area contributed by atoms with Gasteiger partial charge in [-0.15, -0.1) is 11.8 Å². The van der Waals surface area contributed by atoms with Crippen molar-refractivity contribution < 1.29 is 8.78 Å². The van der Waals surface area contributed by atoms with Gasteiger partial charge in [0.05, 0.1) is 5.37 Å². The molecule has 0 saturated carbocycles. The maximum absolute atomic E-state index is 13.2. The number of rotatable bonds is 1. The molecule has 2 rings (SSSR count). The molecule has 1 N–H and O–H groups in total. The van der Waals surface area contributed by atoms with Crippen LogP contribution in [-0.4, -0.2) is 12.3 Å². The van der Waals surface area contributed by atoms with Crippen molar-refractivity contribution in [2.24, 2.45) is 0 Å². The van der Waals surface area contributed by atoms with E-state index in [2.05, 4.69) is 5.32 Å². The van der Waals surface area contributed by atoms with Gasteiger partial charge in [0.15, 0.2) is 0 Å². The van der Waals surface area contributed by atoms with Gasteiger partial charge in [0, 0.05) is 17.9 Å². The molecule has 1 aromatic carbocycles. The third-order valence-corrected chi connectivity index (χ3v) is 3.15. The van der Waals surface area contributed by atoms with E-state index in [1.807, 2.05) is 0 Å². The lowest BCUT2D eigenvalue weighted by Crippen LogP contribution is -2.13. The fourth-order valence-corrected chi connectivity index (χ4v) is 2.41. The van der Waals surface area contributed by atoms with Gasteiger partial charge in [0.2, 0.25) is 0 Å². The van der Waals surface area contributed by atoms with Crippen LogP contribution in [0.3, 0.4) is 0 Å². The second kappa shape index (κ2) is 3.64. The van der Waals surface area contributed by atoms with Crippen molar-refractivity contribution in [2.75, 3.05) is 12.3 Å². The normalized spacial score (nSPS) is 22.2. The Kier molecular flexibility index (Phi) is 2.51. The van der Waals surface area contributed by atoms with E-state index in [1.165, 1.54) is 12.1 Å². The highest BCUT2D eigenvalue weighted by molar-refractivity contribution is 7.99. The smallest absolute Gasteiger partial charge is 0.129 e. The third-order valence-electron chi connectivity index (χ3n) is 1.96. The van der Waals surface area contributed by atoms with Gasteiger partial charge in [0.25, 0.3) is 0 Å². The molecule has 0 unspecified atom stereocenters. The van der Waals surface area contributed by atoms with Crippen LogP contribution in [0.2, 0.25) is 0 Å². The van der Waals surface area contributed by atoms with Crippen molar-refractivity contribution in [2.45, 2.75) is 5.37 Å². The van der Waals surface area contributed by atoms with Crippen LogP contribution in [0.25, 0.3) is 0 Å². The average molecular weight is 201 g/mol. The molecular weight excluding hydrogens is 192 g/mol. The molecular formula is C9H9F2NS. The Morgan fingerprint density at radius 3 is 2.92 bits per heavy atom. The highest BCUT2D eigenvalue weighted by Crippen LogP contribution is 2.31. The first-order valence-corrected chi connectivity index (χ1v) is 5.12. The zero-order valence-corrected chi connectivity index (χ0v) is 7.70. The molecule has 1 aliphatic heterocycles. The quantitative estimate of drug-likeness (QED) is 0.748. The third kappa shape index (κ3) is 1.84. The lowest BCUT2D eigenvalue weighted by atomic mass is 10.2. The summed E-state index contributed by atoms with van der Waals surface area (Å²) in [6.45, 7) is 0.852. The van der Waals surface area contributed by atoms with E-state index >= 15 is 0 Å². The van der Waals surface area contributed by atoms with E-state index in [0.29, 0.717) is 5.56 Å². The molecule has 1 saturated heterocycles. The van der Waals surface area contributed by atoms with Crippen LogP contribution in [0.5, 0.6) is 0 Å². The molecule has 4 heteroatoms. The number of halogens is 2. The average Bonchev–Trinajstić information content (AvgIpc) is 2.61. The molecule has 13 heavy (non-hydrogen) atoms. The van der Waals surface area contributed by atoms with Crippen molar-refractivity contribution in [3.63, 3.8) is 0 Å². The number of benzene rings is 1. The molecule has 0 bridgehead atoms. The fraction of sp³-hybridized carbons (Fsp3) is 0.333. The summed E-state index contributed by atoms with van der Waals surface area (Å²) >= 11 is 1.60. The van der Waals surface area contributed by atoms with Gasteiger partial charge in [-0.1, -0.05) is 0 Å². The van der Waals surface area contributed by atoms with Gasteiger partial charge in [0.1, 0.15) is 11.6 Å². The second-order valence-electron chi connectivity index (χ2n) is 2.87. The molecule has 1 aromatic rings. The van der Waals surface area contributed by atoms with E-state index < -0.39 is 0 Å². The van der Waals surface area contributed by atoms with Crippen molar-refractivity contribution in [1.82, 2.24) is 5.32 Å². The van der Waals surface area contributed by atoms with E-state index in [9.17, 15) is 8.78 Å². The highest BCUT2D eigenvalue weighted by Gasteiger charge is 2.20. The van der Waals surface area contributed by atoms with Crippen LogP contribution in [0, 0.1) is 11.6 Å². The number of nitrogens with one attached hydrogen (secondary N) is 1. The number of thioether (sulfide) groups is 1. The monoisotopic (exact) mass is 201 g/mol. The van der Waals surface area contributed by atoms with Gasteiger partial charge in [-0.05, 0) is 18.2 Å². The van der Waals surface area contributed by atoms with Crippen LogP contribution in [0.1, 0.15) is 10.9 Å². The summed E-state index contributed by atoms with van der Waals surface area (Å²) in [6, 6.07) is 3.56. The van der Waals surface area contributed by atoms with Crippen LogP contribution >= 0.6 is 11.8 Å². The zero-order chi connectivity index (χ0) is 9.26. The lowest BCUT2D eigenvalue weighted by molar-refractivity contribution is 0.574. The van der Waals surface area contributed by atoms with Gasteiger partial charge < -0.3 is 5.32 Å². The highest BCUT2D eigenvalue weighted by atomic mass is 32.2. The van der Waals surface area contributed by atoms with Crippen molar-refractivity contribution in [1.29, 1.82) is 0 Å². The summed E-state index contributed by atoms with van der Waals surface area (Å²) in [5.74, 6) is 0.222. The Bertz CT molecular complexity index is 310. The predicted molar refractivity (Wildman–Crippen MR) is 49.6 cm³/mol.